The first kappa shape index (κ1) is 18.3. The fraction of sp³-hybridized carbons (Fsp3) is 0.364. The molecular formula is C22H24N2O4. The molecule has 0 N–H and O–H groups in total. The van der Waals surface area contributed by atoms with Crippen molar-refractivity contribution in [2.75, 3.05) is 27.3 Å². The molecule has 3 aromatic rings. The van der Waals surface area contributed by atoms with E-state index in [1.165, 1.54) is 0 Å². The zero-order valence-electron chi connectivity index (χ0n) is 16.2. The molecule has 2 aromatic carbocycles. The SMILES string of the molecule is COc1ccc(OC)c(CC(=O)N2CCCC(c3nc4ccccc4o3)C2)c1. The average Bonchev–Trinajstić information content (AvgIpc) is 3.18. The average molecular weight is 380 g/mol. The van der Waals surface area contributed by atoms with Crippen LogP contribution in [0.1, 0.15) is 30.2 Å². The Bertz CT molecular complexity index is 949. The number of hydrogen-bond donors (Lipinski definition) is 0. The molecule has 6 nitrogen and oxygen atoms in total. The van der Waals surface area contributed by atoms with E-state index >= 15 is 0 Å². The van der Waals surface area contributed by atoms with Gasteiger partial charge in [0.1, 0.15) is 17.0 Å². The highest BCUT2D eigenvalue weighted by molar-refractivity contribution is 5.80. The minimum Gasteiger partial charge on any atom is -0.497 e. The lowest BCUT2D eigenvalue weighted by Crippen LogP contribution is -2.40. The third-order valence-electron chi connectivity index (χ3n) is 5.26. The monoisotopic (exact) mass is 380 g/mol. The van der Waals surface area contributed by atoms with E-state index in [9.17, 15) is 4.79 Å². The second-order valence-corrected chi connectivity index (χ2v) is 7.05. The largest absolute Gasteiger partial charge is 0.497 e. The van der Waals surface area contributed by atoms with Crippen LogP contribution >= 0.6 is 0 Å². The fourth-order valence-electron chi connectivity index (χ4n) is 3.76. The summed E-state index contributed by atoms with van der Waals surface area (Å²) in [6, 6.07) is 13.3. The van der Waals surface area contributed by atoms with E-state index in [2.05, 4.69) is 4.98 Å². The van der Waals surface area contributed by atoms with Crippen molar-refractivity contribution in [1.29, 1.82) is 0 Å². The maximum absolute atomic E-state index is 13.0. The van der Waals surface area contributed by atoms with Crippen LogP contribution in [0, 0.1) is 0 Å². The molecule has 2 heterocycles. The highest BCUT2D eigenvalue weighted by Gasteiger charge is 2.28. The van der Waals surface area contributed by atoms with Crippen molar-refractivity contribution in [3.05, 3.63) is 53.9 Å². The van der Waals surface area contributed by atoms with Gasteiger partial charge in [-0.05, 0) is 43.2 Å². The number of carbonyl (C=O) groups excluding carboxylic acids is 1. The topological polar surface area (TPSA) is 64.8 Å². The number of ether oxygens (including phenoxy) is 2. The summed E-state index contributed by atoms with van der Waals surface area (Å²) in [4.78, 5) is 19.5. The lowest BCUT2D eigenvalue weighted by Gasteiger charge is -2.31. The van der Waals surface area contributed by atoms with Gasteiger partial charge >= 0.3 is 0 Å². The second-order valence-electron chi connectivity index (χ2n) is 7.05. The highest BCUT2D eigenvalue weighted by Crippen LogP contribution is 2.30. The fourth-order valence-corrected chi connectivity index (χ4v) is 3.76. The van der Waals surface area contributed by atoms with E-state index in [0.29, 0.717) is 18.0 Å². The molecule has 6 heteroatoms. The standard InChI is InChI=1S/C22H24N2O4/c1-26-17-9-10-19(27-2)16(12-17)13-21(25)24-11-5-6-15(14-24)22-23-18-7-3-4-8-20(18)28-22/h3-4,7-10,12,15H,5-6,11,13-14H2,1-2H3. The summed E-state index contributed by atoms with van der Waals surface area (Å²) in [5, 5.41) is 0. The van der Waals surface area contributed by atoms with Crippen molar-refractivity contribution in [1.82, 2.24) is 9.88 Å². The predicted octanol–water partition coefficient (Wildman–Crippen LogP) is 3.79. The molecule has 1 amide bonds. The number of para-hydroxylation sites is 2. The number of oxazole rings is 1. The normalized spacial score (nSPS) is 16.9. The quantitative estimate of drug-likeness (QED) is 0.674. The number of methoxy groups -OCH3 is 2. The first-order chi connectivity index (χ1) is 13.7. The molecule has 1 aliphatic rings. The Hall–Kier alpha value is -3.02. The summed E-state index contributed by atoms with van der Waals surface area (Å²) in [6.45, 7) is 1.37. The van der Waals surface area contributed by atoms with E-state index < -0.39 is 0 Å². The van der Waals surface area contributed by atoms with E-state index in [0.717, 1.165) is 41.9 Å². The summed E-state index contributed by atoms with van der Waals surface area (Å²) < 4.78 is 16.6. The maximum atomic E-state index is 13.0. The van der Waals surface area contributed by atoms with Crippen LogP contribution in [0.5, 0.6) is 11.5 Å². The van der Waals surface area contributed by atoms with E-state index in [4.69, 9.17) is 13.9 Å². The lowest BCUT2D eigenvalue weighted by atomic mass is 9.97. The summed E-state index contributed by atoms with van der Waals surface area (Å²) in [7, 11) is 3.23. The molecule has 146 valence electrons. The van der Waals surface area contributed by atoms with Gasteiger partial charge in [-0.25, -0.2) is 4.98 Å². The van der Waals surface area contributed by atoms with Gasteiger partial charge in [-0.2, -0.15) is 0 Å². The first-order valence-corrected chi connectivity index (χ1v) is 9.52. The number of nitrogens with zero attached hydrogens (tertiary/aromatic N) is 2. The Morgan fingerprint density at radius 1 is 1.21 bits per heavy atom. The molecule has 0 bridgehead atoms. The first-order valence-electron chi connectivity index (χ1n) is 9.52. The van der Waals surface area contributed by atoms with Gasteiger partial charge in [0.2, 0.25) is 5.91 Å². The van der Waals surface area contributed by atoms with Gasteiger partial charge in [0.25, 0.3) is 0 Å². The Labute approximate surface area is 164 Å². The lowest BCUT2D eigenvalue weighted by molar-refractivity contribution is -0.131. The highest BCUT2D eigenvalue weighted by atomic mass is 16.5. The molecule has 1 aromatic heterocycles. The minimum absolute atomic E-state index is 0.0763. The van der Waals surface area contributed by atoms with Crippen molar-refractivity contribution in [3.63, 3.8) is 0 Å². The molecule has 28 heavy (non-hydrogen) atoms. The molecule has 0 saturated carbocycles. The Kier molecular flexibility index (Phi) is 5.19. The van der Waals surface area contributed by atoms with E-state index in [1.807, 2.05) is 47.4 Å². The van der Waals surface area contributed by atoms with Gasteiger partial charge in [0.05, 0.1) is 26.6 Å². The second kappa shape index (κ2) is 7.92. The molecule has 1 atom stereocenters. The van der Waals surface area contributed by atoms with Gasteiger partial charge in [0.15, 0.2) is 11.5 Å². The Morgan fingerprint density at radius 3 is 2.86 bits per heavy atom. The van der Waals surface area contributed by atoms with Crippen LogP contribution in [-0.4, -0.2) is 43.1 Å². The number of piperidine rings is 1. The van der Waals surface area contributed by atoms with Crippen molar-refractivity contribution >= 4 is 17.0 Å². The van der Waals surface area contributed by atoms with Gasteiger partial charge in [0, 0.05) is 18.7 Å². The van der Waals surface area contributed by atoms with Crippen molar-refractivity contribution < 1.29 is 18.7 Å². The molecule has 0 spiro atoms. The summed E-state index contributed by atoms with van der Waals surface area (Å²) in [5.41, 5.74) is 2.49. The molecule has 4 rings (SSSR count). The smallest absolute Gasteiger partial charge is 0.227 e. The van der Waals surface area contributed by atoms with Gasteiger partial charge < -0.3 is 18.8 Å². The van der Waals surface area contributed by atoms with Crippen LogP contribution < -0.4 is 9.47 Å². The zero-order valence-corrected chi connectivity index (χ0v) is 16.2. The van der Waals surface area contributed by atoms with Crippen LogP contribution in [0.2, 0.25) is 0 Å². The number of amides is 1. The molecule has 0 aliphatic carbocycles. The number of hydrogen-bond acceptors (Lipinski definition) is 5. The van der Waals surface area contributed by atoms with E-state index in [1.54, 1.807) is 14.2 Å². The summed E-state index contributed by atoms with van der Waals surface area (Å²) in [6.07, 6.45) is 2.18. The number of carbonyl (C=O) groups is 1. The number of aromatic nitrogens is 1. The molecule has 0 radical (unpaired) electrons. The van der Waals surface area contributed by atoms with Gasteiger partial charge in [-0.3, -0.25) is 4.79 Å². The third kappa shape index (κ3) is 3.67. The van der Waals surface area contributed by atoms with Crippen LogP contribution in [-0.2, 0) is 11.2 Å². The third-order valence-corrected chi connectivity index (χ3v) is 5.26. The predicted molar refractivity (Wildman–Crippen MR) is 106 cm³/mol. The summed E-state index contributed by atoms with van der Waals surface area (Å²) >= 11 is 0. The number of likely N-dealkylation sites (tertiary alicyclic amines) is 1. The minimum atomic E-state index is 0.0763. The number of fused-ring (bicyclic) bond motifs is 1. The van der Waals surface area contributed by atoms with Crippen molar-refractivity contribution in [2.24, 2.45) is 0 Å². The van der Waals surface area contributed by atoms with Crippen LogP contribution in [0.4, 0.5) is 0 Å². The van der Waals surface area contributed by atoms with Crippen molar-refractivity contribution in [2.45, 2.75) is 25.2 Å². The zero-order chi connectivity index (χ0) is 19.5. The number of benzene rings is 2. The maximum Gasteiger partial charge on any atom is 0.227 e. The van der Waals surface area contributed by atoms with E-state index in [-0.39, 0.29) is 18.2 Å². The molecule has 1 fully saturated rings. The van der Waals surface area contributed by atoms with Gasteiger partial charge in [-0.15, -0.1) is 0 Å². The molecule has 1 aliphatic heterocycles. The molecule has 1 saturated heterocycles. The Balaban J connectivity index is 1.49. The summed E-state index contributed by atoms with van der Waals surface area (Å²) in [5.74, 6) is 2.33. The van der Waals surface area contributed by atoms with Crippen LogP contribution in [0.3, 0.4) is 0 Å². The molecular weight excluding hydrogens is 356 g/mol. The Morgan fingerprint density at radius 2 is 2.07 bits per heavy atom. The molecule has 1 unspecified atom stereocenters. The number of rotatable bonds is 5. The van der Waals surface area contributed by atoms with Crippen LogP contribution in [0.15, 0.2) is 46.9 Å². The van der Waals surface area contributed by atoms with Crippen molar-refractivity contribution in [3.8, 4) is 11.5 Å². The van der Waals surface area contributed by atoms with Gasteiger partial charge in [-0.1, -0.05) is 12.1 Å². The van der Waals surface area contributed by atoms with Crippen LogP contribution in [0.25, 0.3) is 11.1 Å².